The van der Waals surface area contributed by atoms with Gasteiger partial charge < -0.3 is 9.84 Å². The average Bonchev–Trinajstić information content (AvgIpc) is 3.03. The van der Waals surface area contributed by atoms with Gasteiger partial charge in [-0.2, -0.15) is 0 Å². The van der Waals surface area contributed by atoms with Crippen LogP contribution in [0.2, 0.25) is 0 Å². The lowest BCUT2D eigenvalue weighted by molar-refractivity contribution is -0.147. The highest BCUT2D eigenvalue weighted by Crippen LogP contribution is 2.64. The van der Waals surface area contributed by atoms with Crippen LogP contribution >= 0.6 is 0 Å². The molecule has 0 aliphatic heterocycles. The quantitative estimate of drug-likeness (QED) is 0.576. The summed E-state index contributed by atoms with van der Waals surface area (Å²) >= 11 is 0. The molecule has 4 heteroatoms. The fourth-order valence-corrected chi connectivity index (χ4v) is 7.20. The number of carboxylic acid groups (broad SMARTS) is 1. The number of carbonyl (C=O) groups is 2. The molecule has 4 rings (SSSR count). The number of rotatable bonds is 5. The Hall–Kier alpha value is -1.84. The van der Waals surface area contributed by atoms with E-state index in [1.165, 1.54) is 36.5 Å². The zero-order valence-electron chi connectivity index (χ0n) is 18.9. The minimum absolute atomic E-state index is 0.0113. The van der Waals surface area contributed by atoms with Gasteiger partial charge >= 0.3 is 11.9 Å². The SMILES string of the molecule is CC(=O)O[C@@H]1CC[C@@]2(C)C(=CC=C3C2=CC[C@@]2(C)C3CCC2[C@H](C)CCC(=O)O)C1. The summed E-state index contributed by atoms with van der Waals surface area (Å²) in [5, 5.41) is 9.11. The first-order valence-electron chi connectivity index (χ1n) is 11.7. The number of fused-ring (bicyclic) bond motifs is 5. The maximum atomic E-state index is 11.4. The van der Waals surface area contributed by atoms with Crippen molar-refractivity contribution in [3.63, 3.8) is 0 Å². The van der Waals surface area contributed by atoms with Crippen LogP contribution in [0, 0.1) is 28.6 Å². The van der Waals surface area contributed by atoms with Crippen molar-refractivity contribution in [2.24, 2.45) is 28.6 Å². The molecule has 0 radical (unpaired) electrons. The third kappa shape index (κ3) is 3.46. The summed E-state index contributed by atoms with van der Waals surface area (Å²) in [5.74, 6) is 0.723. The predicted molar refractivity (Wildman–Crippen MR) is 117 cm³/mol. The van der Waals surface area contributed by atoms with Crippen molar-refractivity contribution >= 4 is 11.9 Å². The van der Waals surface area contributed by atoms with Crippen molar-refractivity contribution in [2.45, 2.75) is 85.2 Å². The van der Waals surface area contributed by atoms with Crippen LogP contribution in [0.15, 0.2) is 34.9 Å². The predicted octanol–water partition coefficient (Wildman–Crippen LogP) is 5.84. The number of hydrogen-bond acceptors (Lipinski definition) is 3. The van der Waals surface area contributed by atoms with Gasteiger partial charge in [-0.3, -0.25) is 9.59 Å². The Morgan fingerprint density at radius 3 is 2.70 bits per heavy atom. The van der Waals surface area contributed by atoms with Crippen molar-refractivity contribution in [3.05, 3.63) is 34.9 Å². The minimum Gasteiger partial charge on any atom is -0.481 e. The van der Waals surface area contributed by atoms with E-state index in [1.807, 2.05) is 0 Å². The Kier molecular flexibility index (Phi) is 5.48. The molecule has 0 spiro atoms. The summed E-state index contributed by atoms with van der Waals surface area (Å²) in [7, 11) is 0. The Labute approximate surface area is 180 Å². The number of allylic oxidation sites excluding steroid dienone is 5. The van der Waals surface area contributed by atoms with Crippen LogP contribution in [0.1, 0.15) is 79.1 Å². The largest absolute Gasteiger partial charge is 0.481 e. The Balaban J connectivity index is 1.58. The van der Waals surface area contributed by atoms with E-state index in [0.29, 0.717) is 17.8 Å². The van der Waals surface area contributed by atoms with E-state index in [1.54, 1.807) is 0 Å². The molecule has 0 aromatic carbocycles. The molecule has 0 amide bonds. The van der Waals surface area contributed by atoms with Crippen LogP contribution in [0.4, 0.5) is 0 Å². The monoisotopic (exact) mass is 412 g/mol. The summed E-state index contributed by atoms with van der Waals surface area (Å²) in [6, 6.07) is 0. The van der Waals surface area contributed by atoms with Crippen LogP contribution < -0.4 is 0 Å². The van der Waals surface area contributed by atoms with E-state index in [0.717, 1.165) is 32.1 Å². The summed E-state index contributed by atoms with van der Waals surface area (Å²) in [6.07, 6.45) is 14.5. The molecule has 164 valence electrons. The van der Waals surface area contributed by atoms with Crippen LogP contribution in [0.25, 0.3) is 0 Å². The third-order valence-corrected chi connectivity index (χ3v) is 8.86. The first kappa shape index (κ1) is 21.4. The van der Waals surface area contributed by atoms with Crippen molar-refractivity contribution in [1.82, 2.24) is 0 Å². The minimum atomic E-state index is -0.683. The van der Waals surface area contributed by atoms with E-state index in [9.17, 15) is 9.59 Å². The topological polar surface area (TPSA) is 63.6 Å². The molecule has 0 aromatic heterocycles. The molecule has 0 aromatic rings. The van der Waals surface area contributed by atoms with Crippen molar-refractivity contribution in [1.29, 1.82) is 0 Å². The number of carboxylic acids is 1. The van der Waals surface area contributed by atoms with Gasteiger partial charge in [0.05, 0.1) is 0 Å². The van der Waals surface area contributed by atoms with Crippen molar-refractivity contribution in [3.8, 4) is 0 Å². The van der Waals surface area contributed by atoms with Crippen LogP contribution in [0.5, 0.6) is 0 Å². The van der Waals surface area contributed by atoms with Crippen LogP contribution in [0.3, 0.4) is 0 Å². The van der Waals surface area contributed by atoms with Gasteiger partial charge in [-0.15, -0.1) is 0 Å². The van der Waals surface area contributed by atoms with E-state index in [-0.39, 0.29) is 29.3 Å². The molecule has 2 unspecified atom stereocenters. The van der Waals surface area contributed by atoms with E-state index in [2.05, 4.69) is 39.0 Å². The molecule has 30 heavy (non-hydrogen) atoms. The Morgan fingerprint density at radius 2 is 2.00 bits per heavy atom. The molecular weight excluding hydrogens is 376 g/mol. The highest BCUT2D eigenvalue weighted by atomic mass is 16.5. The van der Waals surface area contributed by atoms with E-state index < -0.39 is 5.97 Å². The summed E-state index contributed by atoms with van der Waals surface area (Å²) in [4.78, 5) is 22.5. The highest BCUT2D eigenvalue weighted by molar-refractivity contribution is 5.66. The first-order chi connectivity index (χ1) is 14.1. The summed E-state index contributed by atoms with van der Waals surface area (Å²) in [5.41, 5.74) is 4.73. The Morgan fingerprint density at radius 1 is 1.23 bits per heavy atom. The number of ether oxygens (including phenoxy) is 1. The molecule has 0 heterocycles. The number of hydrogen-bond donors (Lipinski definition) is 1. The lowest BCUT2D eigenvalue weighted by atomic mass is 9.54. The van der Waals surface area contributed by atoms with Gasteiger partial charge in [-0.1, -0.05) is 44.6 Å². The summed E-state index contributed by atoms with van der Waals surface area (Å²) in [6.45, 7) is 8.58. The molecule has 4 aliphatic rings. The number of aliphatic carboxylic acids is 1. The summed E-state index contributed by atoms with van der Waals surface area (Å²) < 4.78 is 5.53. The second kappa shape index (κ2) is 7.69. The maximum Gasteiger partial charge on any atom is 0.303 e. The number of carbonyl (C=O) groups excluding carboxylic acids is 1. The zero-order chi connectivity index (χ0) is 21.7. The van der Waals surface area contributed by atoms with Crippen LogP contribution in [-0.2, 0) is 14.3 Å². The van der Waals surface area contributed by atoms with Gasteiger partial charge in [0.1, 0.15) is 6.10 Å². The fourth-order valence-electron chi connectivity index (χ4n) is 7.20. The average molecular weight is 413 g/mol. The van der Waals surface area contributed by atoms with Gasteiger partial charge in [0, 0.05) is 25.2 Å². The maximum absolute atomic E-state index is 11.4. The van der Waals surface area contributed by atoms with Gasteiger partial charge in [0.25, 0.3) is 0 Å². The standard InChI is InChI=1S/C26H36O4/c1-16(5-10-24(28)29)21-8-9-22-20-7-6-18-15-19(30-17(2)27)11-13-25(18,3)23(20)12-14-26(21,22)4/h6-7,12,16,19,21-22H,5,8-11,13-15H2,1-4H3,(H,28,29)/t16-,19-,21?,22?,25+,26-/m1/s1. The molecule has 1 N–H and O–H groups in total. The fraction of sp³-hybridized carbons (Fsp3) is 0.692. The second-order valence-corrected chi connectivity index (χ2v) is 10.6. The van der Waals surface area contributed by atoms with Crippen molar-refractivity contribution in [2.75, 3.05) is 0 Å². The lowest BCUT2D eigenvalue weighted by Gasteiger charge is -2.51. The molecule has 2 fully saturated rings. The van der Waals surface area contributed by atoms with E-state index in [4.69, 9.17) is 9.84 Å². The molecule has 4 aliphatic carbocycles. The number of esters is 1. The molecular formula is C26H36O4. The zero-order valence-corrected chi connectivity index (χ0v) is 18.9. The third-order valence-electron chi connectivity index (χ3n) is 8.86. The first-order valence-corrected chi connectivity index (χ1v) is 11.7. The van der Waals surface area contributed by atoms with Gasteiger partial charge in [0.15, 0.2) is 0 Å². The molecule has 0 bridgehead atoms. The smallest absolute Gasteiger partial charge is 0.303 e. The molecule has 0 saturated heterocycles. The normalized spacial score (nSPS) is 38.3. The van der Waals surface area contributed by atoms with Gasteiger partial charge in [0.2, 0.25) is 0 Å². The second-order valence-electron chi connectivity index (χ2n) is 10.6. The lowest BCUT2D eigenvalue weighted by Crippen LogP contribution is -2.41. The van der Waals surface area contributed by atoms with Crippen LogP contribution in [-0.4, -0.2) is 23.1 Å². The van der Waals surface area contributed by atoms with E-state index >= 15 is 0 Å². The molecule has 6 atom stereocenters. The molecule has 2 saturated carbocycles. The Bertz CT molecular complexity index is 834. The van der Waals surface area contributed by atoms with Crippen molar-refractivity contribution < 1.29 is 19.4 Å². The van der Waals surface area contributed by atoms with Gasteiger partial charge in [-0.25, -0.2) is 0 Å². The highest BCUT2D eigenvalue weighted by Gasteiger charge is 2.54. The van der Waals surface area contributed by atoms with Gasteiger partial charge in [-0.05, 0) is 72.8 Å². The molecule has 4 nitrogen and oxygen atoms in total.